The molecule has 0 aliphatic heterocycles. The van der Waals surface area contributed by atoms with Gasteiger partial charge in [0.25, 0.3) is 11.8 Å². The Morgan fingerprint density at radius 1 is 0.941 bits per heavy atom. The molecule has 0 saturated heterocycles. The van der Waals surface area contributed by atoms with Crippen LogP contribution in [0, 0.1) is 5.82 Å². The Balaban J connectivity index is 1.29. The molecule has 4 rings (SSSR count). The SMILES string of the molecule is O=C(NCc1ccccc1Cl)c1ccc(NC(=O)c2nnc(COc3ccc(F)cc3)s2)cc1. The van der Waals surface area contributed by atoms with E-state index in [0.29, 0.717) is 33.6 Å². The molecule has 0 aliphatic carbocycles. The van der Waals surface area contributed by atoms with E-state index in [1.165, 1.54) is 24.3 Å². The third-order valence-corrected chi connectivity index (χ3v) is 5.90. The Bertz CT molecular complexity index is 1300. The summed E-state index contributed by atoms with van der Waals surface area (Å²) in [5, 5.41) is 14.6. The van der Waals surface area contributed by atoms with Crippen molar-refractivity contribution in [1.29, 1.82) is 0 Å². The monoisotopic (exact) mass is 496 g/mol. The van der Waals surface area contributed by atoms with Crippen molar-refractivity contribution < 1.29 is 18.7 Å². The first-order valence-corrected chi connectivity index (χ1v) is 11.3. The fourth-order valence-corrected chi connectivity index (χ4v) is 3.74. The van der Waals surface area contributed by atoms with Gasteiger partial charge in [0.05, 0.1) is 0 Å². The number of carbonyl (C=O) groups excluding carboxylic acids is 2. The van der Waals surface area contributed by atoms with Crippen molar-refractivity contribution in [2.24, 2.45) is 0 Å². The van der Waals surface area contributed by atoms with Gasteiger partial charge in [-0.2, -0.15) is 0 Å². The number of benzene rings is 3. The molecule has 0 fully saturated rings. The number of nitrogens with one attached hydrogen (secondary N) is 2. The third-order valence-electron chi connectivity index (χ3n) is 4.64. The largest absolute Gasteiger partial charge is 0.486 e. The van der Waals surface area contributed by atoms with Gasteiger partial charge in [0.15, 0.2) is 5.01 Å². The molecule has 1 aromatic heterocycles. The second-order valence-corrected chi connectivity index (χ2v) is 8.52. The van der Waals surface area contributed by atoms with Crippen molar-refractivity contribution in [2.75, 3.05) is 5.32 Å². The topological polar surface area (TPSA) is 93.2 Å². The zero-order chi connectivity index (χ0) is 23.9. The van der Waals surface area contributed by atoms with Crippen molar-refractivity contribution >= 4 is 40.4 Å². The molecule has 0 aliphatic rings. The lowest BCUT2D eigenvalue weighted by Crippen LogP contribution is -2.23. The maximum atomic E-state index is 13.0. The summed E-state index contributed by atoms with van der Waals surface area (Å²) < 4.78 is 18.5. The Morgan fingerprint density at radius 3 is 2.41 bits per heavy atom. The minimum absolute atomic E-state index is 0.106. The predicted molar refractivity (Wildman–Crippen MR) is 128 cm³/mol. The molecule has 7 nitrogen and oxygen atoms in total. The quantitative estimate of drug-likeness (QED) is 0.354. The molecule has 1 heterocycles. The van der Waals surface area contributed by atoms with Gasteiger partial charge < -0.3 is 15.4 Å². The zero-order valence-electron chi connectivity index (χ0n) is 17.6. The molecule has 4 aromatic rings. The number of nitrogens with zero attached hydrogens (tertiary/aromatic N) is 2. The first-order valence-electron chi connectivity index (χ1n) is 10.1. The number of hydrogen-bond donors (Lipinski definition) is 2. The van der Waals surface area contributed by atoms with Crippen molar-refractivity contribution in [2.45, 2.75) is 13.2 Å². The first kappa shape index (κ1) is 23.3. The minimum atomic E-state index is -0.429. The van der Waals surface area contributed by atoms with Crippen LogP contribution in [0.2, 0.25) is 5.02 Å². The smallest absolute Gasteiger partial charge is 0.286 e. The summed E-state index contributed by atoms with van der Waals surface area (Å²) in [4.78, 5) is 24.9. The second-order valence-electron chi connectivity index (χ2n) is 7.05. The summed E-state index contributed by atoms with van der Waals surface area (Å²) in [6.45, 7) is 0.413. The lowest BCUT2D eigenvalue weighted by Gasteiger charge is -2.08. The average Bonchev–Trinajstić information content (AvgIpc) is 3.33. The molecular formula is C24H18ClFN4O3S. The van der Waals surface area contributed by atoms with Crippen LogP contribution >= 0.6 is 22.9 Å². The molecule has 0 radical (unpaired) electrons. The van der Waals surface area contributed by atoms with E-state index < -0.39 is 5.91 Å². The second kappa shape index (κ2) is 10.9. The van der Waals surface area contributed by atoms with Gasteiger partial charge in [-0.3, -0.25) is 9.59 Å². The maximum Gasteiger partial charge on any atom is 0.286 e. The fraction of sp³-hybridized carbons (Fsp3) is 0.0833. The van der Waals surface area contributed by atoms with Gasteiger partial charge in [0, 0.05) is 22.8 Å². The van der Waals surface area contributed by atoms with Gasteiger partial charge >= 0.3 is 0 Å². The Labute approximate surface area is 203 Å². The molecule has 34 heavy (non-hydrogen) atoms. The van der Waals surface area contributed by atoms with Gasteiger partial charge in [0.2, 0.25) is 5.01 Å². The Hall–Kier alpha value is -3.82. The molecule has 3 aromatic carbocycles. The van der Waals surface area contributed by atoms with Crippen molar-refractivity contribution in [3.63, 3.8) is 0 Å². The van der Waals surface area contributed by atoms with E-state index in [0.717, 1.165) is 16.9 Å². The summed E-state index contributed by atoms with van der Waals surface area (Å²) in [6, 6.07) is 19.4. The van der Waals surface area contributed by atoms with Gasteiger partial charge in [-0.1, -0.05) is 41.1 Å². The van der Waals surface area contributed by atoms with Gasteiger partial charge in [-0.05, 0) is 60.2 Å². The number of halogens is 2. The normalized spacial score (nSPS) is 10.5. The van der Waals surface area contributed by atoms with Crippen LogP contribution in [-0.2, 0) is 13.2 Å². The molecule has 0 saturated carbocycles. The van der Waals surface area contributed by atoms with E-state index in [9.17, 15) is 14.0 Å². The summed E-state index contributed by atoms with van der Waals surface area (Å²) in [7, 11) is 0. The number of ether oxygens (including phenoxy) is 1. The lowest BCUT2D eigenvalue weighted by molar-refractivity contribution is 0.0950. The molecule has 0 unspecified atom stereocenters. The summed E-state index contributed by atoms with van der Waals surface area (Å²) in [5.74, 6) is -0.555. The summed E-state index contributed by atoms with van der Waals surface area (Å²) >= 11 is 7.19. The fourth-order valence-electron chi connectivity index (χ4n) is 2.89. The lowest BCUT2D eigenvalue weighted by atomic mass is 10.1. The standard InChI is InChI=1S/C24H18ClFN4O3S/c25-20-4-2-1-3-16(20)13-27-22(31)15-5-9-18(10-6-15)28-23(32)24-30-29-21(34-24)14-33-19-11-7-17(26)8-12-19/h1-12H,13-14H2,(H,27,31)(H,28,32). The predicted octanol–water partition coefficient (Wildman–Crippen LogP) is 5.09. The van der Waals surface area contributed by atoms with Crippen LogP contribution in [0.15, 0.2) is 72.8 Å². The van der Waals surface area contributed by atoms with Gasteiger partial charge in [-0.15, -0.1) is 10.2 Å². The number of hydrogen-bond acceptors (Lipinski definition) is 6. The van der Waals surface area contributed by atoms with Crippen LogP contribution in [0.4, 0.5) is 10.1 Å². The highest BCUT2D eigenvalue weighted by atomic mass is 35.5. The number of rotatable bonds is 8. The molecule has 0 spiro atoms. The Kier molecular flexibility index (Phi) is 7.46. The summed E-state index contributed by atoms with van der Waals surface area (Å²) in [5.41, 5.74) is 1.77. The number of amides is 2. The molecular weight excluding hydrogens is 479 g/mol. The number of carbonyl (C=O) groups is 2. The van der Waals surface area contributed by atoms with E-state index >= 15 is 0 Å². The van der Waals surface area contributed by atoms with Crippen LogP contribution in [0.25, 0.3) is 0 Å². The highest BCUT2D eigenvalue weighted by Crippen LogP contribution is 2.18. The van der Waals surface area contributed by atoms with Gasteiger partial charge in [-0.25, -0.2) is 4.39 Å². The Morgan fingerprint density at radius 2 is 1.68 bits per heavy atom. The molecule has 172 valence electrons. The number of anilines is 1. The van der Waals surface area contributed by atoms with Crippen molar-refractivity contribution in [3.8, 4) is 5.75 Å². The van der Waals surface area contributed by atoms with E-state index in [4.69, 9.17) is 16.3 Å². The average molecular weight is 497 g/mol. The van der Waals surface area contributed by atoms with Gasteiger partial charge in [0.1, 0.15) is 18.2 Å². The molecule has 10 heteroatoms. The first-order chi connectivity index (χ1) is 16.5. The number of aromatic nitrogens is 2. The van der Waals surface area contributed by atoms with Crippen LogP contribution < -0.4 is 15.4 Å². The highest BCUT2D eigenvalue weighted by Gasteiger charge is 2.14. The molecule has 0 atom stereocenters. The van der Waals surface area contributed by atoms with Crippen molar-refractivity contribution in [1.82, 2.24) is 15.5 Å². The van der Waals surface area contributed by atoms with E-state index in [1.54, 1.807) is 30.3 Å². The molecule has 0 bridgehead atoms. The van der Waals surface area contributed by atoms with Crippen molar-refractivity contribution in [3.05, 3.63) is 105 Å². The van der Waals surface area contributed by atoms with Crippen LogP contribution in [0.5, 0.6) is 5.75 Å². The highest BCUT2D eigenvalue weighted by molar-refractivity contribution is 7.13. The van der Waals surface area contributed by atoms with Crippen LogP contribution in [-0.4, -0.2) is 22.0 Å². The zero-order valence-corrected chi connectivity index (χ0v) is 19.2. The molecule has 2 amide bonds. The minimum Gasteiger partial charge on any atom is -0.486 e. The van der Waals surface area contributed by atoms with Crippen LogP contribution in [0.1, 0.15) is 30.7 Å². The maximum absolute atomic E-state index is 13.0. The van der Waals surface area contributed by atoms with E-state index in [-0.39, 0.29) is 23.3 Å². The molecule has 2 N–H and O–H groups in total. The van der Waals surface area contributed by atoms with E-state index in [1.807, 2.05) is 18.2 Å². The third kappa shape index (κ3) is 6.15. The summed E-state index contributed by atoms with van der Waals surface area (Å²) in [6.07, 6.45) is 0. The van der Waals surface area contributed by atoms with E-state index in [2.05, 4.69) is 20.8 Å². The van der Waals surface area contributed by atoms with Crippen LogP contribution in [0.3, 0.4) is 0 Å².